The highest BCUT2D eigenvalue weighted by Crippen LogP contribution is 2.26. The van der Waals surface area contributed by atoms with Crippen LogP contribution in [0.2, 0.25) is 0 Å². The summed E-state index contributed by atoms with van der Waals surface area (Å²) in [5.74, 6) is 0.681. The standard InChI is InChI=1S/C14H17BrFNO/c1-9-5-6-17(8-10(9)2)14(18)12-7-11(16)3-4-13(12)15/h3-4,7,9-10H,5-6,8H2,1-2H3. The van der Waals surface area contributed by atoms with Crippen LogP contribution in [0.3, 0.4) is 0 Å². The minimum atomic E-state index is -0.375. The lowest BCUT2D eigenvalue weighted by Crippen LogP contribution is -2.42. The van der Waals surface area contributed by atoms with Crippen LogP contribution in [0.25, 0.3) is 0 Å². The van der Waals surface area contributed by atoms with Gasteiger partial charge >= 0.3 is 0 Å². The van der Waals surface area contributed by atoms with Gasteiger partial charge in [-0.3, -0.25) is 4.79 Å². The lowest BCUT2D eigenvalue weighted by atomic mass is 9.88. The largest absolute Gasteiger partial charge is 0.338 e. The molecule has 98 valence electrons. The summed E-state index contributed by atoms with van der Waals surface area (Å²) in [6.45, 7) is 5.88. The third-order valence-corrected chi connectivity index (χ3v) is 4.47. The van der Waals surface area contributed by atoms with Crippen molar-refractivity contribution in [3.8, 4) is 0 Å². The summed E-state index contributed by atoms with van der Waals surface area (Å²) < 4.78 is 13.9. The summed E-state index contributed by atoms with van der Waals surface area (Å²) in [5, 5.41) is 0. The number of hydrogen-bond donors (Lipinski definition) is 0. The monoisotopic (exact) mass is 313 g/mol. The molecule has 18 heavy (non-hydrogen) atoms. The van der Waals surface area contributed by atoms with Gasteiger partial charge in [-0.2, -0.15) is 0 Å². The number of piperidine rings is 1. The maximum atomic E-state index is 13.2. The molecule has 1 aromatic carbocycles. The molecule has 1 heterocycles. The normalized spacial score (nSPS) is 24.1. The smallest absolute Gasteiger partial charge is 0.255 e. The van der Waals surface area contributed by atoms with E-state index in [1.54, 1.807) is 6.07 Å². The molecule has 0 bridgehead atoms. The molecule has 1 amide bonds. The molecule has 1 aliphatic rings. The Labute approximate surface area is 115 Å². The van der Waals surface area contributed by atoms with E-state index in [0.29, 0.717) is 21.9 Å². The maximum Gasteiger partial charge on any atom is 0.255 e. The predicted octanol–water partition coefficient (Wildman–Crippen LogP) is 3.71. The zero-order valence-electron chi connectivity index (χ0n) is 10.6. The van der Waals surface area contributed by atoms with Gasteiger partial charge in [-0.05, 0) is 52.4 Å². The second-order valence-corrected chi connectivity index (χ2v) is 5.97. The molecule has 2 rings (SSSR count). The van der Waals surface area contributed by atoms with Gasteiger partial charge in [0, 0.05) is 17.6 Å². The topological polar surface area (TPSA) is 20.3 Å². The van der Waals surface area contributed by atoms with Crippen molar-refractivity contribution in [2.24, 2.45) is 11.8 Å². The summed E-state index contributed by atoms with van der Waals surface area (Å²) in [6.07, 6.45) is 1.01. The number of rotatable bonds is 1. The molecule has 0 N–H and O–H groups in total. The van der Waals surface area contributed by atoms with Gasteiger partial charge in [-0.25, -0.2) is 4.39 Å². The third-order valence-electron chi connectivity index (χ3n) is 3.78. The van der Waals surface area contributed by atoms with Gasteiger partial charge in [-0.15, -0.1) is 0 Å². The number of benzene rings is 1. The van der Waals surface area contributed by atoms with Crippen LogP contribution in [-0.2, 0) is 0 Å². The molecule has 0 aromatic heterocycles. The van der Waals surface area contributed by atoms with Crippen molar-refractivity contribution in [3.05, 3.63) is 34.1 Å². The number of likely N-dealkylation sites (tertiary alicyclic amines) is 1. The molecule has 0 spiro atoms. The van der Waals surface area contributed by atoms with Gasteiger partial charge in [0.1, 0.15) is 5.82 Å². The van der Waals surface area contributed by atoms with Crippen LogP contribution >= 0.6 is 15.9 Å². The van der Waals surface area contributed by atoms with Crippen LogP contribution in [0.15, 0.2) is 22.7 Å². The minimum absolute atomic E-state index is 0.0832. The third kappa shape index (κ3) is 2.74. The van der Waals surface area contributed by atoms with Crippen molar-refractivity contribution in [1.82, 2.24) is 4.90 Å². The number of hydrogen-bond acceptors (Lipinski definition) is 1. The van der Waals surface area contributed by atoms with Gasteiger partial charge in [0.15, 0.2) is 0 Å². The highest BCUT2D eigenvalue weighted by atomic mass is 79.9. The Bertz CT molecular complexity index is 463. The van der Waals surface area contributed by atoms with Crippen molar-refractivity contribution >= 4 is 21.8 Å². The van der Waals surface area contributed by atoms with Gasteiger partial charge in [0.25, 0.3) is 5.91 Å². The molecular formula is C14H17BrFNO. The van der Waals surface area contributed by atoms with E-state index in [0.717, 1.165) is 19.5 Å². The molecule has 2 nitrogen and oxygen atoms in total. The highest BCUT2D eigenvalue weighted by Gasteiger charge is 2.27. The quantitative estimate of drug-likeness (QED) is 0.774. The Morgan fingerprint density at radius 1 is 1.39 bits per heavy atom. The van der Waals surface area contributed by atoms with Crippen LogP contribution < -0.4 is 0 Å². The Morgan fingerprint density at radius 3 is 2.78 bits per heavy atom. The number of nitrogens with zero attached hydrogens (tertiary/aromatic N) is 1. The van der Waals surface area contributed by atoms with Crippen molar-refractivity contribution in [2.45, 2.75) is 20.3 Å². The van der Waals surface area contributed by atoms with Crippen molar-refractivity contribution in [3.63, 3.8) is 0 Å². The average molecular weight is 314 g/mol. The molecule has 1 aromatic rings. The van der Waals surface area contributed by atoms with E-state index in [4.69, 9.17) is 0 Å². The van der Waals surface area contributed by atoms with E-state index in [9.17, 15) is 9.18 Å². The second kappa shape index (κ2) is 5.39. The molecule has 0 saturated carbocycles. The van der Waals surface area contributed by atoms with Gasteiger partial charge in [0.2, 0.25) is 0 Å². The molecule has 4 heteroatoms. The fourth-order valence-electron chi connectivity index (χ4n) is 2.28. The summed E-state index contributed by atoms with van der Waals surface area (Å²) in [4.78, 5) is 14.2. The van der Waals surface area contributed by atoms with Gasteiger partial charge in [-0.1, -0.05) is 13.8 Å². The summed E-state index contributed by atoms with van der Waals surface area (Å²) >= 11 is 3.31. The minimum Gasteiger partial charge on any atom is -0.338 e. The number of amides is 1. The first-order valence-corrected chi connectivity index (χ1v) is 7.02. The molecule has 1 aliphatic heterocycles. The van der Waals surface area contributed by atoms with Crippen LogP contribution in [0, 0.1) is 17.7 Å². The highest BCUT2D eigenvalue weighted by molar-refractivity contribution is 9.10. The molecule has 2 atom stereocenters. The lowest BCUT2D eigenvalue weighted by molar-refractivity contribution is 0.0626. The molecule has 0 aliphatic carbocycles. The van der Waals surface area contributed by atoms with E-state index in [1.807, 2.05) is 4.90 Å². The van der Waals surface area contributed by atoms with Crippen LogP contribution in [0.1, 0.15) is 30.6 Å². The van der Waals surface area contributed by atoms with E-state index in [-0.39, 0.29) is 11.7 Å². The summed E-state index contributed by atoms with van der Waals surface area (Å²) in [6, 6.07) is 4.23. The molecular weight excluding hydrogens is 297 g/mol. The first-order chi connectivity index (χ1) is 8.49. The Balaban J connectivity index is 2.19. The number of carbonyl (C=O) groups excluding carboxylic acids is 1. The lowest BCUT2D eigenvalue weighted by Gasteiger charge is -2.35. The predicted molar refractivity (Wildman–Crippen MR) is 72.9 cm³/mol. The summed E-state index contributed by atoms with van der Waals surface area (Å²) in [5.41, 5.74) is 0.414. The van der Waals surface area contributed by atoms with Gasteiger partial charge in [0.05, 0.1) is 5.56 Å². The number of halogens is 2. The van der Waals surface area contributed by atoms with Crippen LogP contribution in [0.5, 0.6) is 0 Å². The molecule has 2 unspecified atom stereocenters. The van der Waals surface area contributed by atoms with Crippen molar-refractivity contribution < 1.29 is 9.18 Å². The van der Waals surface area contributed by atoms with E-state index in [2.05, 4.69) is 29.8 Å². The van der Waals surface area contributed by atoms with Crippen molar-refractivity contribution in [1.29, 1.82) is 0 Å². The van der Waals surface area contributed by atoms with Crippen LogP contribution in [0.4, 0.5) is 4.39 Å². The maximum absolute atomic E-state index is 13.2. The fourth-order valence-corrected chi connectivity index (χ4v) is 2.70. The molecule has 1 saturated heterocycles. The number of carbonyl (C=O) groups is 1. The SMILES string of the molecule is CC1CCN(C(=O)c2cc(F)ccc2Br)CC1C. The first kappa shape index (κ1) is 13.5. The average Bonchev–Trinajstić information content (AvgIpc) is 2.35. The van der Waals surface area contributed by atoms with E-state index in [1.165, 1.54) is 12.1 Å². The van der Waals surface area contributed by atoms with Gasteiger partial charge < -0.3 is 4.90 Å². The molecule has 0 radical (unpaired) electrons. The van der Waals surface area contributed by atoms with Crippen LogP contribution in [-0.4, -0.2) is 23.9 Å². The Kier molecular flexibility index (Phi) is 4.05. The second-order valence-electron chi connectivity index (χ2n) is 5.12. The Morgan fingerprint density at radius 2 is 2.11 bits per heavy atom. The van der Waals surface area contributed by atoms with E-state index < -0.39 is 0 Å². The zero-order valence-corrected chi connectivity index (χ0v) is 12.2. The van der Waals surface area contributed by atoms with E-state index >= 15 is 0 Å². The van der Waals surface area contributed by atoms with Crippen molar-refractivity contribution in [2.75, 3.05) is 13.1 Å². The zero-order chi connectivity index (χ0) is 13.3. The fraction of sp³-hybridized carbons (Fsp3) is 0.500. The molecule has 1 fully saturated rings. The summed E-state index contributed by atoms with van der Waals surface area (Å²) in [7, 11) is 0. The first-order valence-electron chi connectivity index (χ1n) is 6.23. The Hall–Kier alpha value is -0.900.